The second-order valence-corrected chi connectivity index (χ2v) is 6.54. The van der Waals surface area contributed by atoms with E-state index in [0.717, 1.165) is 12.0 Å². The van der Waals surface area contributed by atoms with Crippen molar-refractivity contribution in [1.29, 1.82) is 0 Å². The van der Waals surface area contributed by atoms with Gasteiger partial charge in [-0.05, 0) is 56.8 Å². The molecule has 0 amide bonds. The summed E-state index contributed by atoms with van der Waals surface area (Å²) in [5, 5.41) is 3.76. The Balaban J connectivity index is 1.29. The van der Waals surface area contributed by atoms with Crippen LogP contribution in [0.5, 0.6) is 0 Å². The van der Waals surface area contributed by atoms with Gasteiger partial charge in [0, 0.05) is 12.6 Å². The van der Waals surface area contributed by atoms with Gasteiger partial charge in [0.25, 0.3) is 0 Å². The molecule has 2 heteroatoms. The number of piperidine rings is 1. The van der Waals surface area contributed by atoms with Gasteiger partial charge in [0.05, 0.1) is 0 Å². The first-order valence-corrected chi connectivity index (χ1v) is 8.40. The molecule has 1 aliphatic heterocycles. The van der Waals surface area contributed by atoms with Gasteiger partial charge in [-0.3, -0.25) is 0 Å². The highest BCUT2D eigenvalue weighted by molar-refractivity contribution is 5.14. The Labute approximate surface area is 123 Å². The van der Waals surface area contributed by atoms with Crippen molar-refractivity contribution in [2.75, 3.05) is 26.2 Å². The Hall–Kier alpha value is -0.860. The maximum absolute atomic E-state index is 3.76. The SMILES string of the molecule is c1ccc(CCN2CCC(NCCC3CC3)CC2)cc1. The molecule has 2 nitrogen and oxygen atoms in total. The van der Waals surface area contributed by atoms with Crippen LogP contribution in [0.1, 0.15) is 37.7 Å². The molecule has 1 heterocycles. The number of hydrogen-bond acceptors (Lipinski definition) is 2. The average molecular weight is 272 g/mol. The van der Waals surface area contributed by atoms with E-state index in [-0.39, 0.29) is 0 Å². The fourth-order valence-corrected chi connectivity index (χ4v) is 3.19. The zero-order chi connectivity index (χ0) is 13.6. The minimum atomic E-state index is 0.779. The molecule has 1 aliphatic carbocycles. The number of benzene rings is 1. The number of nitrogens with zero attached hydrogens (tertiary/aromatic N) is 1. The smallest absolute Gasteiger partial charge is 0.00914 e. The first-order valence-electron chi connectivity index (χ1n) is 8.40. The molecule has 2 fully saturated rings. The maximum atomic E-state index is 3.76. The van der Waals surface area contributed by atoms with Crippen LogP contribution in [0, 0.1) is 5.92 Å². The first-order chi connectivity index (χ1) is 9.90. The van der Waals surface area contributed by atoms with Crippen molar-refractivity contribution in [1.82, 2.24) is 10.2 Å². The summed E-state index contributed by atoms with van der Waals surface area (Å²) in [6.45, 7) is 5.01. The highest BCUT2D eigenvalue weighted by Gasteiger charge is 2.22. The van der Waals surface area contributed by atoms with E-state index >= 15 is 0 Å². The predicted molar refractivity (Wildman–Crippen MR) is 85.0 cm³/mol. The quantitative estimate of drug-likeness (QED) is 0.820. The predicted octanol–water partition coefficient (Wildman–Crippen LogP) is 3.08. The summed E-state index contributed by atoms with van der Waals surface area (Å²) in [5.41, 5.74) is 1.47. The van der Waals surface area contributed by atoms with Crippen LogP contribution < -0.4 is 5.32 Å². The maximum Gasteiger partial charge on any atom is 0.00914 e. The van der Waals surface area contributed by atoms with E-state index in [0.29, 0.717) is 0 Å². The molecular weight excluding hydrogens is 244 g/mol. The molecule has 110 valence electrons. The topological polar surface area (TPSA) is 15.3 Å². The fourth-order valence-electron chi connectivity index (χ4n) is 3.19. The van der Waals surface area contributed by atoms with E-state index in [1.165, 1.54) is 70.3 Å². The lowest BCUT2D eigenvalue weighted by molar-refractivity contribution is 0.199. The van der Waals surface area contributed by atoms with E-state index in [9.17, 15) is 0 Å². The van der Waals surface area contributed by atoms with Crippen molar-refractivity contribution in [2.24, 2.45) is 5.92 Å². The minimum Gasteiger partial charge on any atom is -0.314 e. The van der Waals surface area contributed by atoms with Gasteiger partial charge in [0.2, 0.25) is 0 Å². The van der Waals surface area contributed by atoms with Crippen LogP contribution in [-0.2, 0) is 6.42 Å². The van der Waals surface area contributed by atoms with Gasteiger partial charge in [-0.2, -0.15) is 0 Å². The van der Waals surface area contributed by atoms with Gasteiger partial charge in [-0.1, -0.05) is 43.2 Å². The molecule has 2 aliphatic rings. The number of hydrogen-bond donors (Lipinski definition) is 1. The molecule has 0 radical (unpaired) electrons. The van der Waals surface area contributed by atoms with E-state index in [4.69, 9.17) is 0 Å². The fraction of sp³-hybridized carbons (Fsp3) is 0.667. The molecule has 1 saturated heterocycles. The van der Waals surface area contributed by atoms with Crippen molar-refractivity contribution in [3.63, 3.8) is 0 Å². The summed E-state index contributed by atoms with van der Waals surface area (Å²) in [6, 6.07) is 11.7. The third kappa shape index (κ3) is 4.60. The van der Waals surface area contributed by atoms with Crippen molar-refractivity contribution in [3.05, 3.63) is 35.9 Å². The van der Waals surface area contributed by atoms with Crippen LogP contribution in [0.3, 0.4) is 0 Å². The van der Waals surface area contributed by atoms with Gasteiger partial charge < -0.3 is 10.2 Å². The van der Waals surface area contributed by atoms with Crippen molar-refractivity contribution in [2.45, 2.75) is 44.6 Å². The molecule has 20 heavy (non-hydrogen) atoms. The summed E-state index contributed by atoms with van der Waals surface area (Å²) < 4.78 is 0. The van der Waals surface area contributed by atoms with Crippen molar-refractivity contribution in [3.8, 4) is 0 Å². The Morgan fingerprint density at radius 1 is 1.00 bits per heavy atom. The van der Waals surface area contributed by atoms with Gasteiger partial charge in [0.1, 0.15) is 0 Å². The summed E-state index contributed by atoms with van der Waals surface area (Å²) in [7, 11) is 0. The van der Waals surface area contributed by atoms with E-state index in [2.05, 4.69) is 40.5 Å². The standard InChI is InChI=1S/C18H28N2/c1-2-4-16(5-3-1)9-13-20-14-10-18(11-15-20)19-12-8-17-6-7-17/h1-5,17-19H,6-15H2. The highest BCUT2D eigenvalue weighted by atomic mass is 15.1. The molecular formula is C18H28N2. The Morgan fingerprint density at radius 2 is 1.75 bits per heavy atom. The largest absolute Gasteiger partial charge is 0.314 e. The molecule has 0 spiro atoms. The van der Waals surface area contributed by atoms with Gasteiger partial charge in [-0.15, -0.1) is 0 Å². The van der Waals surface area contributed by atoms with Crippen molar-refractivity contribution < 1.29 is 0 Å². The molecule has 1 aromatic carbocycles. The molecule has 1 aromatic rings. The Kier molecular flexibility index (Phi) is 5.10. The van der Waals surface area contributed by atoms with Crippen LogP contribution in [-0.4, -0.2) is 37.1 Å². The van der Waals surface area contributed by atoms with E-state index < -0.39 is 0 Å². The van der Waals surface area contributed by atoms with Crippen LogP contribution in [0.4, 0.5) is 0 Å². The van der Waals surface area contributed by atoms with E-state index in [1.807, 2.05) is 0 Å². The zero-order valence-electron chi connectivity index (χ0n) is 12.6. The molecule has 0 aromatic heterocycles. The Bertz CT molecular complexity index is 378. The minimum absolute atomic E-state index is 0.779. The zero-order valence-corrected chi connectivity index (χ0v) is 12.6. The lowest BCUT2D eigenvalue weighted by atomic mass is 10.0. The Morgan fingerprint density at radius 3 is 2.45 bits per heavy atom. The summed E-state index contributed by atoms with van der Waals surface area (Å²) >= 11 is 0. The summed E-state index contributed by atoms with van der Waals surface area (Å²) in [4.78, 5) is 2.63. The molecule has 1 N–H and O–H groups in total. The van der Waals surface area contributed by atoms with Gasteiger partial charge >= 0.3 is 0 Å². The van der Waals surface area contributed by atoms with Gasteiger partial charge in [0.15, 0.2) is 0 Å². The van der Waals surface area contributed by atoms with Crippen LogP contribution in [0.25, 0.3) is 0 Å². The van der Waals surface area contributed by atoms with Gasteiger partial charge in [-0.25, -0.2) is 0 Å². The molecule has 0 unspecified atom stereocenters. The lowest BCUT2D eigenvalue weighted by Gasteiger charge is -2.32. The van der Waals surface area contributed by atoms with E-state index in [1.54, 1.807) is 0 Å². The highest BCUT2D eigenvalue weighted by Crippen LogP contribution is 2.31. The third-order valence-corrected chi connectivity index (χ3v) is 4.83. The third-order valence-electron chi connectivity index (χ3n) is 4.83. The van der Waals surface area contributed by atoms with Crippen LogP contribution in [0.15, 0.2) is 30.3 Å². The normalized spacial score (nSPS) is 21.2. The summed E-state index contributed by atoms with van der Waals surface area (Å²) in [5.74, 6) is 1.06. The summed E-state index contributed by atoms with van der Waals surface area (Å²) in [6.07, 6.45) is 8.24. The second kappa shape index (κ2) is 7.24. The molecule has 3 rings (SSSR count). The first kappa shape index (κ1) is 14.1. The van der Waals surface area contributed by atoms with Crippen LogP contribution >= 0.6 is 0 Å². The molecule has 0 bridgehead atoms. The van der Waals surface area contributed by atoms with Crippen LogP contribution in [0.2, 0.25) is 0 Å². The molecule has 0 atom stereocenters. The number of likely N-dealkylation sites (tertiary alicyclic amines) is 1. The number of rotatable bonds is 7. The monoisotopic (exact) mass is 272 g/mol. The molecule has 1 saturated carbocycles. The average Bonchev–Trinajstić information content (AvgIpc) is 3.32. The number of nitrogens with one attached hydrogen (secondary N) is 1. The van der Waals surface area contributed by atoms with Crippen molar-refractivity contribution >= 4 is 0 Å². The second-order valence-electron chi connectivity index (χ2n) is 6.54. The lowest BCUT2D eigenvalue weighted by Crippen LogP contribution is -2.43.